The molecule has 0 aliphatic rings. The molecule has 9 heteroatoms. The summed E-state index contributed by atoms with van der Waals surface area (Å²) in [4.78, 5) is 37.7. The third-order valence-electron chi connectivity index (χ3n) is 3.35. The molecule has 142 valence electrons. The van der Waals surface area contributed by atoms with Crippen molar-refractivity contribution >= 4 is 34.2 Å². The van der Waals surface area contributed by atoms with Gasteiger partial charge in [-0.05, 0) is 13.3 Å². The molecule has 2 N–H and O–H groups in total. The molecule has 26 heavy (non-hydrogen) atoms. The van der Waals surface area contributed by atoms with Crippen molar-refractivity contribution in [1.82, 2.24) is 20.4 Å². The number of aryl methyl sites for hydroxylation is 1. The summed E-state index contributed by atoms with van der Waals surface area (Å²) in [6.45, 7) is 11.5. The first-order chi connectivity index (χ1) is 12.4. The van der Waals surface area contributed by atoms with E-state index in [4.69, 9.17) is 0 Å². The van der Waals surface area contributed by atoms with E-state index in [0.717, 1.165) is 11.4 Å². The molecule has 0 aliphatic carbocycles. The highest BCUT2D eigenvalue weighted by Gasteiger charge is 2.21. The molecule has 1 atom stereocenters. The standard InChI is InChI=1S/C17H25N5O3S/c1-5-10-22(11-6-2)16(25)12(4)18-13(23)8-9-14(24)19-17-21-20-15(7-3)26-17/h5-6,12H,1-2,7-11H2,3-4H3,(H,18,23)(H,19,21,24). The van der Waals surface area contributed by atoms with Crippen LogP contribution in [0, 0.1) is 0 Å². The van der Waals surface area contributed by atoms with E-state index < -0.39 is 6.04 Å². The van der Waals surface area contributed by atoms with E-state index in [9.17, 15) is 14.4 Å². The Labute approximate surface area is 157 Å². The first-order valence-electron chi connectivity index (χ1n) is 8.33. The van der Waals surface area contributed by atoms with Crippen LogP contribution in [0.25, 0.3) is 0 Å². The lowest BCUT2D eigenvalue weighted by atomic mass is 10.2. The van der Waals surface area contributed by atoms with E-state index >= 15 is 0 Å². The molecular formula is C17H25N5O3S. The van der Waals surface area contributed by atoms with E-state index in [2.05, 4.69) is 34.0 Å². The number of carbonyl (C=O) groups excluding carboxylic acids is 3. The Morgan fingerprint density at radius 2 is 1.77 bits per heavy atom. The number of anilines is 1. The Bertz CT molecular complexity index is 649. The SMILES string of the molecule is C=CCN(CC=C)C(=O)C(C)NC(=O)CCC(=O)Nc1nnc(CC)s1. The predicted octanol–water partition coefficient (Wildman–Crippen LogP) is 1.52. The summed E-state index contributed by atoms with van der Waals surface area (Å²) in [5.41, 5.74) is 0. The van der Waals surface area contributed by atoms with Crippen LogP contribution in [0.2, 0.25) is 0 Å². The molecule has 1 aromatic heterocycles. The van der Waals surface area contributed by atoms with Crippen molar-refractivity contribution in [3.63, 3.8) is 0 Å². The topological polar surface area (TPSA) is 104 Å². The van der Waals surface area contributed by atoms with E-state index in [-0.39, 0.29) is 30.6 Å². The molecule has 3 amide bonds. The van der Waals surface area contributed by atoms with Gasteiger partial charge in [0.25, 0.3) is 0 Å². The number of nitrogens with zero attached hydrogens (tertiary/aromatic N) is 3. The molecule has 0 radical (unpaired) electrons. The molecule has 1 heterocycles. The maximum absolute atomic E-state index is 12.3. The van der Waals surface area contributed by atoms with Crippen LogP contribution in [0.4, 0.5) is 5.13 Å². The highest BCUT2D eigenvalue weighted by atomic mass is 32.1. The van der Waals surface area contributed by atoms with Gasteiger partial charge in [-0.3, -0.25) is 14.4 Å². The molecule has 8 nitrogen and oxygen atoms in total. The molecular weight excluding hydrogens is 354 g/mol. The zero-order valence-electron chi connectivity index (χ0n) is 15.2. The third-order valence-corrected chi connectivity index (χ3v) is 4.34. The van der Waals surface area contributed by atoms with Gasteiger partial charge in [0.05, 0.1) is 0 Å². The highest BCUT2D eigenvalue weighted by molar-refractivity contribution is 7.15. The lowest BCUT2D eigenvalue weighted by molar-refractivity contribution is -0.135. The Morgan fingerprint density at radius 3 is 2.31 bits per heavy atom. The van der Waals surface area contributed by atoms with E-state index in [0.29, 0.717) is 18.2 Å². The first kappa shape index (κ1) is 21.5. The molecule has 0 bridgehead atoms. The Kier molecular flexibility index (Phi) is 9.21. The van der Waals surface area contributed by atoms with Crippen LogP contribution in [-0.2, 0) is 20.8 Å². The van der Waals surface area contributed by atoms with Gasteiger partial charge in [0.2, 0.25) is 22.9 Å². The number of hydrogen-bond donors (Lipinski definition) is 2. The number of aromatic nitrogens is 2. The first-order valence-corrected chi connectivity index (χ1v) is 9.15. The summed E-state index contributed by atoms with van der Waals surface area (Å²) >= 11 is 1.30. The van der Waals surface area contributed by atoms with Crippen LogP contribution in [0.5, 0.6) is 0 Å². The summed E-state index contributed by atoms with van der Waals surface area (Å²) in [5.74, 6) is -0.925. The van der Waals surface area contributed by atoms with Crippen LogP contribution in [-0.4, -0.2) is 52.0 Å². The fourth-order valence-electron chi connectivity index (χ4n) is 2.07. The Hall–Kier alpha value is -2.55. The fourth-order valence-corrected chi connectivity index (χ4v) is 2.77. The molecule has 0 aliphatic heterocycles. The molecule has 1 aromatic rings. The van der Waals surface area contributed by atoms with Crippen molar-refractivity contribution in [2.75, 3.05) is 18.4 Å². The molecule has 0 saturated heterocycles. The largest absolute Gasteiger partial charge is 0.345 e. The van der Waals surface area contributed by atoms with Crippen LogP contribution >= 0.6 is 11.3 Å². The van der Waals surface area contributed by atoms with Crippen molar-refractivity contribution in [2.24, 2.45) is 0 Å². The molecule has 1 rings (SSSR count). The molecule has 1 unspecified atom stereocenters. The maximum Gasteiger partial charge on any atom is 0.245 e. The second-order valence-electron chi connectivity index (χ2n) is 5.51. The van der Waals surface area contributed by atoms with Gasteiger partial charge in [0.1, 0.15) is 11.0 Å². The van der Waals surface area contributed by atoms with Crippen LogP contribution in [0.15, 0.2) is 25.3 Å². The number of nitrogens with one attached hydrogen (secondary N) is 2. The van der Waals surface area contributed by atoms with Gasteiger partial charge in [0.15, 0.2) is 0 Å². The Morgan fingerprint density at radius 1 is 1.15 bits per heavy atom. The smallest absolute Gasteiger partial charge is 0.245 e. The normalized spacial score (nSPS) is 11.3. The second-order valence-corrected chi connectivity index (χ2v) is 6.57. The van der Waals surface area contributed by atoms with E-state index in [1.807, 2.05) is 6.92 Å². The zero-order chi connectivity index (χ0) is 19.5. The van der Waals surface area contributed by atoms with Crippen molar-refractivity contribution in [3.8, 4) is 0 Å². The van der Waals surface area contributed by atoms with Crippen LogP contribution < -0.4 is 10.6 Å². The number of hydrogen-bond acceptors (Lipinski definition) is 6. The van der Waals surface area contributed by atoms with Gasteiger partial charge in [0, 0.05) is 25.9 Å². The number of rotatable bonds is 11. The molecule has 0 saturated carbocycles. The summed E-state index contributed by atoms with van der Waals surface area (Å²) < 4.78 is 0. The lowest BCUT2D eigenvalue weighted by Gasteiger charge is -2.23. The lowest BCUT2D eigenvalue weighted by Crippen LogP contribution is -2.47. The summed E-state index contributed by atoms with van der Waals surface area (Å²) in [6, 6.07) is -0.694. The number of carbonyl (C=O) groups is 3. The minimum absolute atomic E-state index is 0.00316. The van der Waals surface area contributed by atoms with Gasteiger partial charge in [-0.25, -0.2) is 0 Å². The van der Waals surface area contributed by atoms with Crippen molar-refractivity contribution in [1.29, 1.82) is 0 Å². The quantitative estimate of drug-likeness (QED) is 0.567. The minimum atomic E-state index is -0.694. The van der Waals surface area contributed by atoms with Crippen molar-refractivity contribution < 1.29 is 14.4 Å². The molecule has 0 aromatic carbocycles. The van der Waals surface area contributed by atoms with Crippen molar-refractivity contribution in [3.05, 3.63) is 30.3 Å². The monoisotopic (exact) mass is 379 g/mol. The van der Waals surface area contributed by atoms with E-state index in [1.54, 1.807) is 19.1 Å². The van der Waals surface area contributed by atoms with Crippen LogP contribution in [0.1, 0.15) is 31.7 Å². The van der Waals surface area contributed by atoms with Gasteiger partial charge in [-0.1, -0.05) is 30.4 Å². The van der Waals surface area contributed by atoms with Gasteiger partial charge < -0.3 is 15.5 Å². The van der Waals surface area contributed by atoms with E-state index in [1.165, 1.54) is 16.2 Å². The number of amides is 3. The maximum atomic E-state index is 12.3. The summed E-state index contributed by atoms with van der Waals surface area (Å²) in [7, 11) is 0. The van der Waals surface area contributed by atoms with Gasteiger partial charge in [-0.15, -0.1) is 23.4 Å². The molecule has 0 spiro atoms. The van der Waals surface area contributed by atoms with Crippen LogP contribution in [0.3, 0.4) is 0 Å². The predicted molar refractivity (Wildman–Crippen MR) is 102 cm³/mol. The average Bonchev–Trinajstić information content (AvgIpc) is 3.06. The van der Waals surface area contributed by atoms with Crippen molar-refractivity contribution in [2.45, 2.75) is 39.2 Å². The summed E-state index contributed by atoms with van der Waals surface area (Å²) in [5, 5.41) is 14.2. The molecule has 0 fully saturated rings. The second kappa shape index (κ2) is 11.1. The highest BCUT2D eigenvalue weighted by Crippen LogP contribution is 2.15. The fraction of sp³-hybridized carbons (Fsp3) is 0.471. The van der Waals surface area contributed by atoms with Gasteiger partial charge >= 0.3 is 0 Å². The van der Waals surface area contributed by atoms with Gasteiger partial charge in [-0.2, -0.15) is 0 Å². The zero-order valence-corrected chi connectivity index (χ0v) is 16.0. The summed E-state index contributed by atoms with van der Waals surface area (Å²) in [6.07, 6.45) is 3.94. The average molecular weight is 379 g/mol. The Balaban J connectivity index is 2.42. The minimum Gasteiger partial charge on any atom is -0.345 e. The third kappa shape index (κ3) is 7.14.